The molecule has 0 radical (unpaired) electrons. The first kappa shape index (κ1) is 25.5. The number of β-lactam (4-membered cyclic amide) rings is 1. The maximum Gasteiger partial charge on any atom is 0.337 e. The summed E-state index contributed by atoms with van der Waals surface area (Å²) in [5.41, 5.74) is 0.811. The van der Waals surface area contributed by atoms with Gasteiger partial charge in [-0.2, -0.15) is 0 Å². The van der Waals surface area contributed by atoms with Crippen molar-refractivity contribution >= 4 is 23.9 Å². The molecule has 6 nitrogen and oxygen atoms in total. The zero-order valence-electron chi connectivity index (χ0n) is 19.2. The fourth-order valence-electron chi connectivity index (χ4n) is 3.94. The van der Waals surface area contributed by atoms with Gasteiger partial charge in [-0.25, -0.2) is 4.79 Å². The van der Waals surface area contributed by atoms with Crippen LogP contribution in [0.15, 0.2) is 42.5 Å². The minimum atomic E-state index is -1.26. The van der Waals surface area contributed by atoms with Gasteiger partial charge >= 0.3 is 5.97 Å². The number of benzene rings is 1. The summed E-state index contributed by atoms with van der Waals surface area (Å²) in [6.45, 7) is 4.09. The predicted octanol–water partition coefficient (Wildman–Crippen LogP) is 4.41. The number of hydrogen-bond donors (Lipinski definition) is 0. The number of ketones is 1. The number of amides is 1. The summed E-state index contributed by atoms with van der Waals surface area (Å²) >= 11 is 0. The van der Waals surface area contributed by atoms with E-state index >= 15 is 0 Å². The van der Waals surface area contributed by atoms with E-state index in [9.17, 15) is 19.2 Å². The SMILES string of the molecule is CCCCC=CCC(CCC=O)C(=O)C(C(=O)OCc1ccccc1)N1C(=O)CC1CC. The lowest BCUT2D eigenvalue weighted by Crippen LogP contribution is -2.63. The van der Waals surface area contributed by atoms with E-state index in [4.69, 9.17) is 4.74 Å². The number of carbonyl (C=O) groups is 4. The third kappa shape index (κ3) is 7.14. The van der Waals surface area contributed by atoms with Crippen LogP contribution >= 0.6 is 0 Å². The Hall–Kier alpha value is -2.76. The van der Waals surface area contributed by atoms with Crippen LogP contribution in [-0.2, 0) is 30.5 Å². The van der Waals surface area contributed by atoms with Crippen LogP contribution in [0.5, 0.6) is 0 Å². The van der Waals surface area contributed by atoms with E-state index in [1.807, 2.05) is 49.4 Å². The van der Waals surface area contributed by atoms with Crippen molar-refractivity contribution in [3.8, 4) is 0 Å². The molecule has 0 bridgehead atoms. The van der Waals surface area contributed by atoms with Crippen molar-refractivity contribution in [1.29, 1.82) is 0 Å². The second-order valence-electron chi connectivity index (χ2n) is 8.26. The van der Waals surface area contributed by atoms with Crippen molar-refractivity contribution in [3.05, 3.63) is 48.0 Å². The Bertz CT molecular complexity index is 789. The van der Waals surface area contributed by atoms with E-state index in [1.54, 1.807) is 0 Å². The maximum absolute atomic E-state index is 13.5. The molecule has 3 atom stereocenters. The van der Waals surface area contributed by atoms with Gasteiger partial charge in [-0.1, -0.05) is 69.2 Å². The van der Waals surface area contributed by atoms with Crippen molar-refractivity contribution in [3.63, 3.8) is 0 Å². The van der Waals surface area contributed by atoms with Crippen molar-refractivity contribution in [2.45, 2.75) is 83.9 Å². The lowest BCUT2D eigenvalue weighted by atomic mass is 9.86. The second-order valence-corrected chi connectivity index (χ2v) is 8.26. The number of aldehydes is 1. The highest BCUT2D eigenvalue weighted by Gasteiger charge is 2.48. The molecule has 1 fully saturated rings. The van der Waals surface area contributed by atoms with Crippen LogP contribution in [0, 0.1) is 5.92 Å². The minimum absolute atomic E-state index is 0.0399. The van der Waals surface area contributed by atoms with Gasteiger partial charge in [0.25, 0.3) is 0 Å². The normalized spacial score (nSPS) is 17.6. The van der Waals surface area contributed by atoms with Crippen molar-refractivity contribution in [1.82, 2.24) is 4.90 Å². The molecule has 0 N–H and O–H groups in total. The lowest BCUT2D eigenvalue weighted by Gasteiger charge is -2.44. The van der Waals surface area contributed by atoms with Gasteiger partial charge in [-0.05, 0) is 31.2 Å². The summed E-state index contributed by atoms with van der Waals surface area (Å²) in [5, 5.41) is 0. The van der Waals surface area contributed by atoms with Gasteiger partial charge in [0.15, 0.2) is 11.8 Å². The first-order valence-electron chi connectivity index (χ1n) is 11.7. The molecule has 1 aliphatic heterocycles. The molecule has 3 unspecified atom stereocenters. The van der Waals surface area contributed by atoms with Crippen molar-refractivity contribution in [2.75, 3.05) is 0 Å². The Morgan fingerprint density at radius 1 is 1.16 bits per heavy atom. The molecule has 1 amide bonds. The highest BCUT2D eigenvalue weighted by Crippen LogP contribution is 2.29. The molecule has 0 aliphatic carbocycles. The van der Waals surface area contributed by atoms with E-state index in [0.717, 1.165) is 31.1 Å². The molecular weight excluding hydrogens is 406 g/mol. The van der Waals surface area contributed by atoms with Crippen LogP contribution in [0.4, 0.5) is 0 Å². The number of rotatable bonds is 15. The number of allylic oxidation sites excluding steroid dienone is 2. The summed E-state index contributed by atoms with van der Waals surface area (Å²) < 4.78 is 5.48. The van der Waals surface area contributed by atoms with Crippen molar-refractivity contribution in [2.24, 2.45) is 5.92 Å². The number of ether oxygens (including phenoxy) is 1. The van der Waals surface area contributed by atoms with E-state index in [-0.39, 0.29) is 30.8 Å². The number of hydrogen-bond acceptors (Lipinski definition) is 5. The van der Waals surface area contributed by atoms with Gasteiger partial charge in [0, 0.05) is 24.8 Å². The molecule has 6 heteroatoms. The van der Waals surface area contributed by atoms with Gasteiger partial charge in [0.2, 0.25) is 5.91 Å². The molecule has 1 heterocycles. The van der Waals surface area contributed by atoms with E-state index < -0.39 is 17.9 Å². The molecule has 1 aromatic carbocycles. The third-order valence-corrected chi connectivity index (χ3v) is 5.90. The van der Waals surface area contributed by atoms with Gasteiger partial charge < -0.3 is 14.4 Å². The fraction of sp³-hybridized carbons (Fsp3) is 0.538. The largest absolute Gasteiger partial charge is 0.459 e. The molecule has 0 spiro atoms. The number of nitrogens with zero attached hydrogens (tertiary/aromatic N) is 1. The number of esters is 1. The van der Waals surface area contributed by atoms with E-state index in [1.165, 1.54) is 4.90 Å². The van der Waals surface area contributed by atoms with Crippen LogP contribution in [0.1, 0.15) is 70.8 Å². The zero-order valence-corrected chi connectivity index (χ0v) is 19.2. The minimum Gasteiger partial charge on any atom is -0.459 e. The van der Waals surface area contributed by atoms with Crippen LogP contribution in [0.3, 0.4) is 0 Å². The summed E-state index contributed by atoms with van der Waals surface area (Å²) in [6, 6.07) is 7.83. The number of Topliss-reactive ketones (excluding diaryl/α,β-unsaturated/α-hetero) is 1. The standard InChI is InChI=1S/C26H35NO5/c1-3-5-6-7-11-15-21(16-12-17-28)25(30)24(27-22(4-2)18-23(27)29)26(31)32-19-20-13-9-8-10-14-20/h7-11,13-14,17,21-22,24H,3-6,12,15-16,18-19H2,1-2H3. The van der Waals surface area contributed by atoms with E-state index in [2.05, 4.69) is 6.92 Å². The molecule has 1 aliphatic rings. The first-order chi connectivity index (χ1) is 15.5. The molecule has 1 aromatic rings. The number of likely N-dealkylation sites (tertiary alicyclic amines) is 1. The quantitative estimate of drug-likeness (QED) is 0.101. The molecule has 0 saturated carbocycles. The Kier molecular flexibility index (Phi) is 10.8. The molecular formula is C26H35NO5. The Labute approximate surface area is 191 Å². The molecule has 32 heavy (non-hydrogen) atoms. The Morgan fingerprint density at radius 2 is 1.91 bits per heavy atom. The summed E-state index contributed by atoms with van der Waals surface area (Å²) in [6.07, 6.45) is 9.88. The monoisotopic (exact) mass is 441 g/mol. The molecule has 2 rings (SSSR count). The first-order valence-corrected chi connectivity index (χ1v) is 11.7. The van der Waals surface area contributed by atoms with Crippen molar-refractivity contribution < 1.29 is 23.9 Å². The highest BCUT2D eigenvalue weighted by atomic mass is 16.5. The average Bonchev–Trinajstić information content (AvgIpc) is 2.81. The van der Waals surface area contributed by atoms with E-state index in [0.29, 0.717) is 25.7 Å². The predicted molar refractivity (Wildman–Crippen MR) is 123 cm³/mol. The van der Waals surface area contributed by atoms with Gasteiger partial charge in [0.05, 0.1) is 0 Å². The zero-order chi connectivity index (χ0) is 23.3. The maximum atomic E-state index is 13.5. The van der Waals surface area contributed by atoms with Crippen LogP contribution < -0.4 is 0 Å². The molecule has 174 valence electrons. The summed E-state index contributed by atoms with van der Waals surface area (Å²) in [4.78, 5) is 51.3. The second kappa shape index (κ2) is 13.6. The number of unbranched alkanes of at least 4 members (excludes halogenated alkanes) is 2. The Morgan fingerprint density at radius 3 is 2.53 bits per heavy atom. The third-order valence-electron chi connectivity index (χ3n) is 5.90. The smallest absolute Gasteiger partial charge is 0.337 e. The van der Waals surface area contributed by atoms with Crippen LogP contribution in [0.25, 0.3) is 0 Å². The molecule has 1 saturated heterocycles. The van der Waals surface area contributed by atoms with Gasteiger partial charge in [-0.3, -0.25) is 9.59 Å². The van der Waals surface area contributed by atoms with Crippen LogP contribution in [-0.4, -0.2) is 40.9 Å². The summed E-state index contributed by atoms with van der Waals surface area (Å²) in [7, 11) is 0. The topological polar surface area (TPSA) is 80.8 Å². The highest BCUT2D eigenvalue weighted by molar-refractivity contribution is 6.08. The van der Waals surface area contributed by atoms with Crippen LogP contribution in [0.2, 0.25) is 0 Å². The average molecular weight is 442 g/mol. The summed E-state index contributed by atoms with van der Waals surface area (Å²) in [5.74, 6) is -1.76. The number of carbonyl (C=O) groups excluding carboxylic acids is 4. The van der Waals surface area contributed by atoms with Gasteiger partial charge in [-0.15, -0.1) is 0 Å². The fourth-order valence-corrected chi connectivity index (χ4v) is 3.94. The van der Waals surface area contributed by atoms with Gasteiger partial charge in [0.1, 0.15) is 12.9 Å². The Balaban J connectivity index is 2.19. The lowest BCUT2D eigenvalue weighted by molar-refractivity contribution is -0.170. The molecule has 0 aromatic heterocycles.